The molecule has 0 saturated heterocycles. The summed E-state index contributed by atoms with van der Waals surface area (Å²) in [6.07, 6.45) is 4.44. The number of ether oxygens (including phenoxy) is 1. The van der Waals surface area contributed by atoms with Crippen molar-refractivity contribution >= 4 is 17.9 Å². The van der Waals surface area contributed by atoms with E-state index in [1.54, 1.807) is 0 Å². The molecular weight excluding hydrogens is 400 g/mol. The molecule has 0 fully saturated rings. The Morgan fingerprint density at radius 3 is 2.72 bits per heavy atom. The number of fused-ring (bicyclic) bond motifs is 1. The van der Waals surface area contributed by atoms with Gasteiger partial charge in [-0.1, -0.05) is 48.5 Å². The Hall–Kier alpha value is -3.60. The Balaban J connectivity index is 1.43. The molecule has 3 aromatic carbocycles. The first kappa shape index (κ1) is 21.6. The summed E-state index contributed by atoms with van der Waals surface area (Å²) in [6, 6.07) is 22.1. The summed E-state index contributed by atoms with van der Waals surface area (Å²) >= 11 is 0. The van der Waals surface area contributed by atoms with Gasteiger partial charge >= 0.3 is 5.97 Å². The summed E-state index contributed by atoms with van der Waals surface area (Å²) in [5.74, 6) is 0.153. The highest BCUT2D eigenvalue weighted by Crippen LogP contribution is 2.36. The quantitative estimate of drug-likeness (QED) is 0.378. The maximum Gasteiger partial charge on any atom is 0.303 e. The molecule has 4 rings (SSSR count). The summed E-state index contributed by atoms with van der Waals surface area (Å²) in [4.78, 5) is 11.2. The number of carbonyl (C=O) groups is 1. The van der Waals surface area contributed by atoms with Crippen LogP contribution in [0.2, 0.25) is 0 Å². The van der Waals surface area contributed by atoms with E-state index in [-0.39, 0.29) is 12.3 Å². The van der Waals surface area contributed by atoms with Crippen molar-refractivity contribution in [3.05, 3.63) is 94.5 Å². The molecule has 0 aliphatic heterocycles. The average Bonchev–Trinajstić information content (AvgIpc) is 2.82. The number of carboxylic acids is 1. The number of aryl methyl sites for hydroxylation is 1. The molecule has 0 radical (unpaired) electrons. The Labute approximate surface area is 188 Å². The van der Waals surface area contributed by atoms with Crippen molar-refractivity contribution in [1.82, 2.24) is 0 Å². The van der Waals surface area contributed by atoms with Gasteiger partial charge in [0.15, 0.2) is 0 Å². The number of nitrogens with one attached hydrogen (secondary N) is 2. The van der Waals surface area contributed by atoms with Crippen molar-refractivity contribution in [3.63, 3.8) is 0 Å². The Morgan fingerprint density at radius 1 is 1.09 bits per heavy atom. The topological polar surface area (TPSA) is 82.4 Å². The predicted octanol–water partition coefficient (Wildman–Crippen LogP) is 5.77. The minimum Gasteiger partial charge on any atom is -0.489 e. The van der Waals surface area contributed by atoms with Crippen molar-refractivity contribution in [2.24, 2.45) is 0 Å². The van der Waals surface area contributed by atoms with Crippen LogP contribution in [0.4, 0.5) is 5.69 Å². The van der Waals surface area contributed by atoms with E-state index in [4.69, 9.17) is 10.1 Å². The van der Waals surface area contributed by atoms with Crippen LogP contribution in [0.5, 0.6) is 5.75 Å². The fourth-order valence-corrected chi connectivity index (χ4v) is 4.34. The fraction of sp³-hybridized carbons (Fsp3) is 0.259. The highest BCUT2D eigenvalue weighted by molar-refractivity contribution is 5.86. The maximum absolute atomic E-state index is 11.2. The van der Waals surface area contributed by atoms with Gasteiger partial charge < -0.3 is 20.6 Å². The summed E-state index contributed by atoms with van der Waals surface area (Å²) in [6.45, 7) is 1.12. The van der Waals surface area contributed by atoms with Crippen LogP contribution in [0.15, 0.2) is 66.7 Å². The van der Waals surface area contributed by atoms with E-state index >= 15 is 0 Å². The SMILES string of the molecule is N=Cc1ccc(COc2ccc3c(c2)CCCC3CC(=O)O)cc1NCc1ccccc1. The van der Waals surface area contributed by atoms with Gasteiger partial charge in [-0.05, 0) is 65.6 Å². The molecule has 0 aromatic heterocycles. The average molecular weight is 429 g/mol. The van der Waals surface area contributed by atoms with E-state index in [1.807, 2.05) is 48.5 Å². The molecule has 0 spiro atoms. The third-order valence-electron chi connectivity index (χ3n) is 5.98. The molecule has 1 aliphatic carbocycles. The van der Waals surface area contributed by atoms with Crippen molar-refractivity contribution in [3.8, 4) is 5.75 Å². The van der Waals surface area contributed by atoms with E-state index in [9.17, 15) is 9.90 Å². The van der Waals surface area contributed by atoms with E-state index in [0.29, 0.717) is 13.2 Å². The predicted molar refractivity (Wildman–Crippen MR) is 127 cm³/mol. The molecule has 3 aromatic rings. The third kappa shape index (κ3) is 5.35. The van der Waals surface area contributed by atoms with Crippen LogP contribution in [-0.2, 0) is 24.4 Å². The van der Waals surface area contributed by atoms with Gasteiger partial charge in [-0.3, -0.25) is 4.79 Å². The zero-order valence-corrected chi connectivity index (χ0v) is 18.0. The molecule has 1 aliphatic rings. The van der Waals surface area contributed by atoms with Gasteiger partial charge in [-0.2, -0.15) is 0 Å². The lowest BCUT2D eigenvalue weighted by Gasteiger charge is -2.25. The lowest BCUT2D eigenvalue weighted by Crippen LogP contribution is -2.13. The first-order valence-corrected chi connectivity index (χ1v) is 11.0. The minimum absolute atomic E-state index is 0.0946. The molecular formula is C27H28N2O3. The smallest absolute Gasteiger partial charge is 0.303 e. The van der Waals surface area contributed by atoms with Crippen molar-refractivity contribution in [2.45, 2.75) is 44.8 Å². The van der Waals surface area contributed by atoms with Gasteiger partial charge in [0, 0.05) is 24.0 Å². The fourth-order valence-electron chi connectivity index (χ4n) is 4.34. The summed E-state index contributed by atoms with van der Waals surface area (Å²) in [5, 5.41) is 20.3. The second kappa shape index (κ2) is 10.1. The number of benzene rings is 3. The second-order valence-electron chi connectivity index (χ2n) is 8.24. The molecule has 0 saturated carbocycles. The number of hydrogen-bond donors (Lipinski definition) is 3. The lowest BCUT2D eigenvalue weighted by molar-refractivity contribution is -0.137. The first-order chi connectivity index (χ1) is 15.6. The molecule has 0 amide bonds. The van der Waals surface area contributed by atoms with Gasteiger partial charge in [-0.15, -0.1) is 0 Å². The Morgan fingerprint density at radius 2 is 1.94 bits per heavy atom. The van der Waals surface area contributed by atoms with Crippen LogP contribution in [0, 0.1) is 5.41 Å². The monoisotopic (exact) mass is 428 g/mol. The largest absolute Gasteiger partial charge is 0.489 e. The van der Waals surface area contributed by atoms with Crippen LogP contribution in [-0.4, -0.2) is 17.3 Å². The number of aliphatic carboxylic acids is 1. The summed E-state index contributed by atoms with van der Waals surface area (Å²) in [5.41, 5.74) is 6.29. The van der Waals surface area contributed by atoms with E-state index < -0.39 is 5.97 Å². The van der Waals surface area contributed by atoms with E-state index in [2.05, 4.69) is 23.5 Å². The standard InChI is InChI=1S/C27H28N2O3/c28-16-23-10-9-20(13-26(23)29-17-19-5-2-1-3-6-19)18-32-24-11-12-25-21(14-24)7-4-8-22(25)15-27(30)31/h1-3,5-6,9-14,16,22,28-29H,4,7-8,15,17-18H2,(H,30,31). The third-order valence-corrected chi connectivity index (χ3v) is 5.98. The molecule has 164 valence electrons. The van der Waals surface area contributed by atoms with E-state index in [0.717, 1.165) is 47.4 Å². The van der Waals surface area contributed by atoms with Gasteiger partial charge in [0.1, 0.15) is 12.4 Å². The van der Waals surface area contributed by atoms with Crippen LogP contribution >= 0.6 is 0 Å². The highest BCUT2D eigenvalue weighted by Gasteiger charge is 2.22. The van der Waals surface area contributed by atoms with Crippen LogP contribution in [0.25, 0.3) is 0 Å². The molecule has 32 heavy (non-hydrogen) atoms. The van der Waals surface area contributed by atoms with Gasteiger partial charge in [0.25, 0.3) is 0 Å². The summed E-state index contributed by atoms with van der Waals surface area (Å²) in [7, 11) is 0. The normalized spacial score (nSPS) is 14.9. The molecule has 0 bridgehead atoms. The number of rotatable bonds is 9. The van der Waals surface area contributed by atoms with Crippen molar-refractivity contribution < 1.29 is 14.6 Å². The van der Waals surface area contributed by atoms with E-state index in [1.165, 1.54) is 17.3 Å². The van der Waals surface area contributed by atoms with Crippen molar-refractivity contribution in [2.75, 3.05) is 5.32 Å². The Kier molecular flexibility index (Phi) is 6.85. The zero-order valence-electron chi connectivity index (χ0n) is 18.0. The second-order valence-corrected chi connectivity index (χ2v) is 8.24. The van der Waals surface area contributed by atoms with Crippen LogP contribution in [0.1, 0.15) is 53.0 Å². The number of anilines is 1. The number of hydrogen-bond acceptors (Lipinski definition) is 4. The molecule has 3 N–H and O–H groups in total. The molecule has 5 nitrogen and oxygen atoms in total. The molecule has 1 unspecified atom stereocenters. The van der Waals surface area contributed by atoms with Crippen LogP contribution < -0.4 is 10.1 Å². The lowest BCUT2D eigenvalue weighted by atomic mass is 9.81. The summed E-state index contributed by atoms with van der Waals surface area (Å²) < 4.78 is 6.06. The highest BCUT2D eigenvalue weighted by atomic mass is 16.5. The maximum atomic E-state index is 11.2. The number of carboxylic acid groups (broad SMARTS) is 1. The van der Waals surface area contributed by atoms with Gasteiger partial charge in [0.2, 0.25) is 0 Å². The first-order valence-electron chi connectivity index (χ1n) is 11.0. The van der Waals surface area contributed by atoms with Crippen LogP contribution in [0.3, 0.4) is 0 Å². The molecule has 0 heterocycles. The zero-order chi connectivity index (χ0) is 22.3. The molecule has 5 heteroatoms. The molecule has 1 atom stereocenters. The van der Waals surface area contributed by atoms with Crippen molar-refractivity contribution in [1.29, 1.82) is 5.41 Å². The van der Waals surface area contributed by atoms with Gasteiger partial charge in [0.05, 0.1) is 6.42 Å². The van der Waals surface area contributed by atoms with Gasteiger partial charge in [-0.25, -0.2) is 0 Å². The Bertz CT molecular complexity index is 1100. The minimum atomic E-state index is -0.742.